The van der Waals surface area contributed by atoms with Gasteiger partial charge in [0, 0.05) is 10.8 Å². The van der Waals surface area contributed by atoms with Gasteiger partial charge < -0.3 is 35.3 Å². The van der Waals surface area contributed by atoms with Crippen LogP contribution in [0.15, 0.2) is 35.7 Å². The molecule has 1 aliphatic rings. The Labute approximate surface area is 162 Å². The summed E-state index contributed by atoms with van der Waals surface area (Å²) < 4.78 is 5.35. The number of aromatic nitrogens is 1. The zero-order valence-electron chi connectivity index (χ0n) is 14.3. The van der Waals surface area contributed by atoms with Crippen LogP contribution in [-0.2, 0) is 4.74 Å². The van der Waals surface area contributed by atoms with Crippen molar-refractivity contribution >= 4 is 22.3 Å². The van der Waals surface area contributed by atoms with Gasteiger partial charge in [-0.25, -0.2) is 4.98 Å². The average molecular weight is 410 g/mol. The first-order valence-corrected chi connectivity index (χ1v) is 8.97. The van der Waals surface area contributed by atoms with Crippen LogP contribution in [0.2, 0.25) is 0 Å². The lowest BCUT2D eigenvalue weighted by Gasteiger charge is -2.40. The van der Waals surface area contributed by atoms with E-state index >= 15 is 0 Å². The van der Waals surface area contributed by atoms with Crippen LogP contribution in [0.25, 0.3) is 0 Å². The van der Waals surface area contributed by atoms with E-state index in [2.05, 4.69) is 20.4 Å². The molecule has 0 aliphatic carbocycles. The van der Waals surface area contributed by atoms with Gasteiger partial charge in [0.05, 0.1) is 17.7 Å². The van der Waals surface area contributed by atoms with Crippen LogP contribution in [0.4, 0.5) is 5.13 Å². The predicted molar refractivity (Wildman–Crippen MR) is 95.2 cm³/mol. The fourth-order valence-corrected chi connectivity index (χ4v) is 3.46. The molecule has 1 aromatic carbocycles. The summed E-state index contributed by atoms with van der Waals surface area (Å²) in [4.78, 5) is 21.5. The van der Waals surface area contributed by atoms with Gasteiger partial charge in [-0.15, -0.1) is 0 Å². The van der Waals surface area contributed by atoms with Crippen LogP contribution in [0.3, 0.4) is 0 Å². The molecule has 1 aromatic heterocycles. The van der Waals surface area contributed by atoms with Gasteiger partial charge in [-0.05, 0) is 24.3 Å². The molecular formula is C16H18N4O7S. The molecule has 1 aliphatic heterocycles. The number of ether oxygens (including phenoxy) is 1. The van der Waals surface area contributed by atoms with Crippen LogP contribution >= 0.6 is 11.3 Å². The number of thiazole rings is 1. The largest absolute Gasteiger partial charge is 0.394 e. The molecule has 0 spiro atoms. The third-order valence-corrected chi connectivity index (χ3v) is 5.08. The molecule has 0 radical (unpaired) electrons. The van der Waals surface area contributed by atoms with E-state index in [4.69, 9.17) is 10.3 Å². The van der Waals surface area contributed by atoms with E-state index in [0.29, 0.717) is 16.2 Å². The molecule has 11 nitrogen and oxygen atoms in total. The van der Waals surface area contributed by atoms with E-state index in [1.54, 1.807) is 0 Å². The highest BCUT2D eigenvalue weighted by Gasteiger charge is 2.43. The van der Waals surface area contributed by atoms with Gasteiger partial charge in [0.25, 0.3) is 0 Å². The maximum Gasteiger partial charge on any atom is 0.204 e. The number of hydrogen-bond donors (Lipinski definition) is 6. The number of benzene rings is 1. The molecule has 0 saturated carbocycles. The number of aliphatic hydroxyl groups excluding tert-OH is 4. The van der Waals surface area contributed by atoms with Crippen molar-refractivity contribution < 1.29 is 34.8 Å². The number of aliphatic hydroxyl groups is 4. The van der Waals surface area contributed by atoms with Crippen LogP contribution in [0, 0.1) is 5.53 Å². The number of ketones is 1. The van der Waals surface area contributed by atoms with Crippen molar-refractivity contribution in [3.63, 3.8) is 0 Å². The van der Waals surface area contributed by atoms with Gasteiger partial charge in [0.2, 0.25) is 5.78 Å². The van der Waals surface area contributed by atoms with Crippen molar-refractivity contribution in [3.05, 3.63) is 40.9 Å². The van der Waals surface area contributed by atoms with Gasteiger partial charge in [-0.3, -0.25) is 4.79 Å². The number of nitrogens with one attached hydrogen (secondary N) is 2. The number of nitrogens with zero attached hydrogens (tertiary/aromatic N) is 2. The minimum atomic E-state index is -1.51. The Balaban J connectivity index is 1.69. The van der Waals surface area contributed by atoms with Crippen molar-refractivity contribution in [2.45, 2.75) is 30.6 Å². The summed E-state index contributed by atoms with van der Waals surface area (Å²) in [6.07, 6.45) is -5.26. The highest BCUT2D eigenvalue weighted by molar-refractivity contribution is 7.17. The van der Waals surface area contributed by atoms with E-state index in [1.165, 1.54) is 30.5 Å². The second-order valence-electron chi connectivity index (χ2n) is 5.96. The zero-order chi connectivity index (χ0) is 20.3. The minimum absolute atomic E-state index is 0.251. The lowest BCUT2D eigenvalue weighted by molar-refractivity contribution is -0.221. The number of hydrogen-bond acceptors (Lipinski definition) is 12. The second-order valence-corrected chi connectivity index (χ2v) is 6.99. The normalized spacial score (nSPS) is 27.2. The third kappa shape index (κ3) is 4.16. The highest BCUT2D eigenvalue weighted by Crippen LogP contribution is 2.27. The Morgan fingerprint density at radius 2 is 1.96 bits per heavy atom. The number of carbonyl (C=O) groups excluding carboxylic acids is 1. The smallest absolute Gasteiger partial charge is 0.204 e. The fourth-order valence-electron chi connectivity index (χ4n) is 2.65. The predicted octanol–water partition coefficient (Wildman–Crippen LogP) is -0.0893. The van der Waals surface area contributed by atoms with Gasteiger partial charge in [-0.2, -0.15) is 5.53 Å². The molecule has 0 amide bonds. The van der Waals surface area contributed by atoms with Crippen LogP contribution in [-0.4, -0.2) is 68.4 Å². The molecule has 1 fully saturated rings. The molecule has 2 aromatic rings. The quantitative estimate of drug-likeness (QED) is 0.207. The molecule has 0 bridgehead atoms. The van der Waals surface area contributed by atoms with Crippen molar-refractivity contribution in [1.29, 1.82) is 5.53 Å². The lowest BCUT2D eigenvalue weighted by atomic mass is 9.98. The first kappa shape index (κ1) is 20.3. The van der Waals surface area contributed by atoms with Gasteiger partial charge in [0.15, 0.2) is 17.1 Å². The molecule has 12 heteroatoms. The van der Waals surface area contributed by atoms with Crippen molar-refractivity contribution in [3.8, 4) is 5.75 Å². The maximum absolute atomic E-state index is 12.5. The van der Waals surface area contributed by atoms with Crippen molar-refractivity contribution in [2.75, 3.05) is 11.9 Å². The molecule has 1 saturated heterocycles. The summed E-state index contributed by atoms with van der Waals surface area (Å²) in [7, 11) is 0. The van der Waals surface area contributed by atoms with E-state index in [9.17, 15) is 25.2 Å². The fraction of sp³-hybridized carbons (Fsp3) is 0.375. The summed E-state index contributed by atoms with van der Waals surface area (Å²) in [6, 6.07) is 6.04. The van der Waals surface area contributed by atoms with Crippen LogP contribution < -0.4 is 10.2 Å². The molecule has 5 unspecified atom stereocenters. The summed E-state index contributed by atoms with van der Waals surface area (Å²) in [5.41, 5.74) is 7.01. The summed E-state index contributed by atoms with van der Waals surface area (Å²) in [6.45, 7) is -0.544. The minimum Gasteiger partial charge on any atom is -0.394 e. The molecule has 5 atom stereocenters. The van der Waals surface area contributed by atoms with Crippen LogP contribution in [0.5, 0.6) is 5.75 Å². The number of anilines is 1. The summed E-state index contributed by atoms with van der Waals surface area (Å²) in [5, 5.41) is 44.7. The molecule has 6 N–H and O–H groups in total. The van der Waals surface area contributed by atoms with Crippen molar-refractivity contribution in [2.24, 2.45) is 5.28 Å². The van der Waals surface area contributed by atoms with Crippen LogP contribution in [0.1, 0.15) is 15.2 Å². The lowest BCUT2D eigenvalue weighted by Crippen LogP contribution is -2.60. The monoisotopic (exact) mass is 410 g/mol. The standard InChI is InChI=1S/C16H18N4O7S/c17-20-27-8-3-1-7(2-4-8)11(22)10-5-18-16(28-10)19-15-14(25)13(24)12(23)9(6-21)26-15/h1-5,9,12-15,17,21,23-25H,6H2,(H,18,19). The Morgan fingerprint density at radius 1 is 1.25 bits per heavy atom. The highest BCUT2D eigenvalue weighted by atomic mass is 32.1. The Bertz CT molecular complexity index is 829. The first-order chi connectivity index (χ1) is 13.4. The van der Waals surface area contributed by atoms with E-state index in [0.717, 1.165) is 11.3 Å². The third-order valence-electron chi connectivity index (χ3n) is 4.16. The van der Waals surface area contributed by atoms with E-state index < -0.39 is 37.3 Å². The molecule has 3 rings (SSSR count). The van der Waals surface area contributed by atoms with E-state index in [-0.39, 0.29) is 10.9 Å². The molecule has 2 heterocycles. The Hall–Kier alpha value is -2.48. The topological polar surface area (TPSA) is 178 Å². The number of carbonyl (C=O) groups is 1. The molecule has 150 valence electrons. The second kappa shape index (κ2) is 8.68. The van der Waals surface area contributed by atoms with Gasteiger partial charge in [0.1, 0.15) is 24.4 Å². The summed E-state index contributed by atoms with van der Waals surface area (Å²) in [5.74, 6) is 0.0227. The summed E-state index contributed by atoms with van der Waals surface area (Å²) >= 11 is 1.01. The van der Waals surface area contributed by atoms with Gasteiger partial charge >= 0.3 is 0 Å². The molecular weight excluding hydrogens is 392 g/mol. The average Bonchev–Trinajstić information content (AvgIpc) is 3.17. The maximum atomic E-state index is 12.5. The first-order valence-electron chi connectivity index (χ1n) is 8.16. The Morgan fingerprint density at radius 3 is 2.61 bits per heavy atom. The van der Waals surface area contributed by atoms with Crippen molar-refractivity contribution in [1.82, 2.24) is 4.98 Å². The number of rotatable bonds is 7. The Kier molecular flexibility index (Phi) is 6.28. The molecule has 28 heavy (non-hydrogen) atoms. The zero-order valence-corrected chi connectivity index (χ0v) is 15.1. The SMILES string of the molecule is N=NOc1ccc(C(=O)c2cnc(NC3OC(CO)C(O)C(O)C3O)s2)cc1. The van der Waals surface area contributed by atoms with E-state index in [1.807, 2.05) is 0 Å². The van der Waals surface area contributed by atoms with Gasteiger partial charge in [-0.1, -0.05) is 11.3 Å².